The molecule has 0 aliphatic carbocycles. The van der Waals surface area contributed by atoms with Gasteiger partial charge in [-0.1, -0.05) is 12.1 Å². The molecule has 5 rings (SSSR count). The maximum Gasteiger partial charge on any atom is 0.491 e. The van der Waals surface area contributed by atoms with Crippen LogP contribution in [0.25, 0.3) is 0 Å². The van der Waals surface area contributed by atoms with E-state index in [1.165, 1.54) is 17.0 Å². The molecule has 3 amide bonds. The summed E-state index contributed by atoms with van der Waals surface area (Å²) in [4.78, 5) is 53.1. The first-order valence-electron chi connectivity index (χ1n) is 13.1. The Morgan fingerprint density at radius 2 is 1.50 bits per heavy atom. The van der Waals surface area contributed by atoms with Crippen molar-refractivity contribution >= 4 is 48.9 Å². The molecule has 3 atom stereocenters. The van der Waals surface area contributed by atoms with Gasteiger partial charge in [-0.2, -0.15) is 0 Å². The fraction of sp³-hybridized carbons (Fsp3) is 0.385. The van der Waals surface area contributed by atoms with E-state index in [1.807, 2.05) is 0 Å². The van der Waals surface area contributed by atoms with Gasteiger partial charge >= 0.3 is 20.2 Å². The first-order chi connectivity index (χ1) is 19.1. The number of fused-ring (bicyclic) bond motifs is 2. The number of carbonyl (C=O) groups excluding carboxylic acids is 3. The van der Waals surface area contributed by atoms with Crippen LogP contribution in [0.1, 0.15) is 58.0 Å². The average Bonchev–Trinajstić information content (AvgIpc) is 3.65. The smallest absolute Gasteiger partial charge is 0.481 e. The van der Waals surface area contributed by atoms with E-state index in [0.29, 0.717) is 30.3 Å². The number of hydrogen-bond donors (Lipinski definition) is 5. The van der Waals surface area contributed by atoms with Crippen LogP contribution in [0.4, 0.5) is 0 Å². The Labute approximate surface area is 230 Å². The number of carboxylic acids is 1. The molecular formula is C26H29B2N3O9. The van der Waals surface area contributed by atoms with Crippen LogP contribution in [0.3, 0.4) is 0 Å². The number of hydrogen-bond acceptors (Lipinski definition) is 8. The van der Waals surface area contributed by atoms with E-state index in [9.17, 15) is 34.3 Å². The average molecular weight is 549 g/mol. The van der Waals surface area contributed by atoms with Crippen LogP contribution in [0.2, 0.25) is 0 Å². The van der Waals surface area contributed by atoms with Crippen molar-refractivity contribution in [1.82, 2.24) is 15.5 Å². The Bertz CT molecular complexity index is 1360. The van der Waals surface area contributed by atoms with E-state index < -0.39 is 56.1 Å². The Hall–Kier alpha value is -3.71. The number of rotatable bonds is 8. The predicted molar refractivity (Wildman–Crippen MR) is 143 cm³/mol. The van der Waals surface area contributed by atoms with Gasteiger partial charge < -0.3 is 40.0 Å². The van der Waals surface area contributed by atoms with E-state index in [4.69, 9.17) is 9.31 Å². The van der Waals surface area contributed by atoms with Crippen LogP contribution in [0.5, 0.6) is 0 Å². The van der Waals surface area contributed by atoms with Crippen LogP contribution in [0, 0.1) is 0 Å². The summed E-state index contributed by atoms with van der Waals surface area (Å²) in [5.41, 5.74) is 2.89. The van der Waals surface area contributed by atoms with Gasteiger partial charge in [0.15, 0.2) is 0 Å². The SMILES string of the molecule is C[C@H](NC(=O)c1ccc2c(c1)B(O)OC2)[C@H](NC(=O)c1ccc2c(c1)B(O)OC2)C(=O)N1CCC[C@H]1CC(=O)O. The molecule has 3 heterocycles. The molecule has 0 spiro atoms. The van der Waals surface area contributed by atoms with E-state index in [1.54, 1.807) is 31.2 Å². The molecule has 3 aliphatic heterocycles. The summed E-state index contributed by atoms with van der Waals surface area (Å²) in [5.74, 6) is -2.67. The molecule has 208 valence electrons. The van der Waals surface area contributed by atoms with Crippen LogP contribution in [0.15, 0.2) is 36.4 Å². The lowest BCUT2D eigenvalue weighted by atomic mass is 9.78. The van der Waals surface area contributed by atoms with Gasteiger partial charge in [0.1, 0.15) is 6.04 Å². The summed E-state index contributed by atoms with van der Waals surface area (Å²) in [6.45, 7) is 2.36. The van der Waals surface area contributed by atoms with Crippen LogP contribution in [-0.4, -0.2) is 82.7 Å². The fourth-order valence-corrected chi connectivity index (χ4v) is 5.43. The summed E-state index contributed by atoms with van der Waals surface area (Å²) in [7, 11) is -2.29. The zero-order valence-corrected chi connectivity index (χ0v) is 21.8. The molecule has 12 nitrogen and oxygen atoms in total. The predicted octanol–water partition coefficient (Wildman–Crippen LogP) is -1.50. The molecular weight excluding hydrogens is 520 g/mol. The van der Waals surface area contributed by atoms with Crippen molar-refractivity contribution in [2.75, 3.05) is 6.54 Å². The second-order valence-electron chi connectivity index (χ2n) is 10.3. The summed E-state index contributed by atoms with van der Waals surface area (Å²) in [6.07, 6.45) is 0.907. The second kappa shape index (κ2) is 11.4. The number of nitrogens with one attached hydrogen (secondary N) is 2. The molecule has 0 saturated carbocycles. The van der Waals surface area contributed by atoms with Gasteiger partial charge in [0.05, 0.1) is 25.7 Å². The minimum Gasteiger partial charge on any atom is -0.481 e. The third kappa shape index (κ3) is 5.61. The number of amides is 3. The topological polar surface area (TPSA) is 175 Å². The molecule has 0 radical (unpaired) electrons. The summed E-state index contributed by atoms with van der Waals surface area (Å²) < 4.78 is 10.4. The zero-order chi connectivity index (χ0) is 28.6. The Morgan fingerprint density at radius 3 is 2.05 bits per heavy atom. The van der Waals surface area contributed by atoms with Crippen molar-refractivity contribution in [2.24, 2.45) is 0 Å². The van der Waals surface area contributed by atoms with Crippen LogP contribution >= 0.6 is 0 Å². The van der Waals surface area contributed by atoms with Gasteiger partial charge in [-0.05, 0) is 66.1 Å². The standard InChI is InChI=1S/C26H29B2N3O9/c1-14(29-24(34)15-4-6-17-12-39-27(37)20(17)9-15)23(26(36)31-8-2-3-19(31)11-22(32)33)30-25(35)16-5-7-18-13-40-28(38)21(18)10-16/h4-7,9-10,14,19,23,37-38H,2-3,8,11-13H2,1H3,(H,29,34)(H,30,35)(H,32,33)/t14-,19-,23-/m0/s1. The van der Waals surface area contributed by atoms with Gasteiger partial charge in [-0.3, -0.25) is 19.2 Å². The molecule has 1 fully saturated rings. The van der Waals surface area contributed by atoms with Gasteiger partial charge in [-0.25, -0.2) is 0 Å². The highest BCUT2D eigenvalue weighted by Crippen LogP contribution is 2.22. The number of likely N-dealkylation sites (tertiary alicyclic amines) is 1. The highest BCUT2D eigenvalue weighted by atomic mass is 16.5. The molecule has 0 unspecified atom stereocenters. The maximum absolute atomic E-state index is 13.8. The normalized spacial score (nSPS) is 19.2. The molecule has 5 N–H and O–H groups in total. The van der Waals surface area contributed by atoms with Crippen LogP contribution in [-0.2, 0) is 32.1 Å². The Balaban J connectivity index is 1.38. The van der Waals surface area contributed by atoms with Gasteiger partial charge in [0.2, 0.25) is 5.91 Å². The largest absolute Gasteiger partial charge is 0.491 e. The van der Waals surface area contributed by atoms with E-state index >= 15 is 0 Å². The molecule has 40 heavy (non-hydrogen) atoms. The summed E-state index contributed by atoms with van der Waals surface area (Å²) in [6, 6.07) is 6.86. The number of aliphatic carboxylic acids is 1. The summed E-state index contributed by atoms with van der Waals surface area (Å²) in [5, 5.41) is 34.9. The van der Waals surface area contributed by atoms with Crippen molar-refractivity contribution in [3.63, 3.8) is 0 Å². The Kier molecular flexibility index (Phi) is 7.95. The monoisotopic (exact) mass is 549 g/mol. The molecule has 2 aromatic carbocycles. The van der Waals surface area contributed by atoms with Gasteiger partial charge in [-0.15, -0.1) is 0 Å². The van der Waals surface area contributed by atoms with Crippen molar-refractivity contribution in [3.05, 3.63) is 58.7 Å². The molecule has 1 saturated heterocycles. The minimum absolute atomic E-state index is 0.191. The van der Waals surface area contributed by atoms with E-state index in [0.717, 1.165) is 11.1 Å². The van der Waals surface area contributed by atoms with Gasteiger partial charge in [0.25, 0.3) is 11.8 Å². The zero-order valence-electron chi connectivity index (χ0n) is 21.8. The minimum atomic E-state index is -1.22. The number of benzene rings is 2. The number of carboxylic acid groups (broad SMARTS) is 1. The molecule has 2 aromatic rings. The molecule has 0 aromatic heterocycles. The quantitative estimate of drug-likeness (QED) is 0.246. The van der Waals surface area contributed by atoms with E-state index in [-0.39, 0.29) is 30.8 Å². The molecule has 3 aliphatic rings. The highest BCUT2D eigenvalue weighted by molar-refractivity contribution is 6.62. The first kappa shape index (κ1) is 27.8. The van der Waals surface area contributed by atoms with Crippen molar-refractivity contribution in [3.8, 4) is 0 Å². The van der Waals surface area contributed by atoms with Crippen molar-refractivity contribution in [1.29, 1.82) is 0 Å². The van der Waals surface area contributed by atoms with Crippen molar-refractivity contribution < 1.29 is 43.6 Å². The lowest BCUT2D eigenvalue weighted by molar-refractivity contribution is -0.140. The number of carbonyl (C=O) groups is 4. The highest BCUT2D eigenvalue weighted by Gasteiger charge is 2.38. The first-order valence-corrected chi connectivity index (χ1v) is 13.1. The summed E-state index contributed by atoms with van der Waals surface area (Å²) >= 11 is 0. The molecule has 14 heteroatoms. The lowest BCUT2D eigenvalue weighted by Gasteiger charge is -2.32. The fourth-order valence-electron chi connectivity index (χ4n) is 5.43. The number of nitrogens with zero attached hydrogens (tertiary/aromatic N) is 1. The maximum atomic E-state index is 13.8. The molecule has 0 bridgehead atoms. The van der Waals surface area contributed by atoms with Gasteiger partial charge in [0, 0.05) is 23.7 Å². The Morgan fingerprint density at radius 1 is 0.950 bits per heavy atom. The van der Waals surface area contributed by atoms with Crippen LogP contribution < -0.4 is 21.6 Å². The van der Waals surface area contributed by atoms with E-state index in [2.05, 4.69) is 10.6 Å². The third-order valence-electron chi connectivity index (χ3n) is 7.62. The second-order valence-corrected chi connectivity index (χ2v) is 10.3. The third-order valence-corrected chi connectivity index (χ3v) is 7.62. The lowest BCUT2D eigenvalue weighted by Crippen LogP contribution is -2.59. The van der Waals surface area contributed by atoms with Crippen molar-refractivity contribution in [2.45, 2.75) is 57.5 Å².